The fourth-order valence-electron chi connectivity index (χ4n) is 2.19. The molecule has 1 aliphatic heterocycles. The number of thioether (sulfide) groups is 1. The molecule has 0 atom stereocenters. The lowest BCUT2D eigenvalue weighted by Gasteiger charge is -2.28. The average molecular weight is 306 g/mol. The van der Waals surface area contributed by atoms with Crippen LogP contribution >= 0.6 is 23.1 Å². The predicted octanol–water partition coefficient (Wildman–Crippen LogP) is 3.06. The normalized spacial score (nSPS) is 15.3. The molecule has 0 aromatic carbocycles. The molecule has 3 rings (SSSR count). The average Bonchev–Trinajstić information content (AvgIpc) is 3.02. The predicted molar refractivity (Wildman–Crippen MR) is 84.0 cm³/mol. The van der Waals surface area contributed by atoms with E-state index in [0.29, 0.717) is 5.82 Å². The fraction of sp³-hybridized carbons (Fsp3) is 0.286. The Hall–Kier alpha value is -1.53. The number of hydrogen-bond acceptors (Lipinski definition) is 5. The maximum Gasteiger partial charge on any atom is 0.339 e. The van der Waals surface area contributed by atoms with Gasteiger partial charge < -0.3 is 10.0 Å². The summed E-state index contributed by atoms with van der Waals surface area (Å²) in [6, 6.07) is 7.44. The van der Waals surface area contributed by atoms with E-state index in [-0.39, 0.29) is 5.56 Å². The van der Waals surface area contributed by atoms with Crippen molar-refractivity contribution in [3.8, 4) is 10.6 Å². The molecule has 0 saturated carbocycles. The molecule has 0 aliphatic carbocycles. The van der Waals surface area contributed by atoms with Gasteiger partial charge in [0, 0.05) is 24.6 Å². The van der Waals surface area contributed by atoms with Gasteiger partial charge in [0.05, 0.1) is 10.6 Å². The van der Waals surface area contributed by atoms with Crippen molar-refractivity contribution in [2.45, 2.75) is 0 Å². The van der Waals surface area contributed by atoms with Crippen molar-refractivity contribution in [3.05, 3.63) is 35.2 Å². The summed E-state index contributed by atoms with van der Waals surface area (Å²) in [5, 5.41) is 11.3. The number of aromatic carboxylic acids is 1. The van der Waals surface area contributed by atoms with Gasteiger partial charge >= 0.3 is 5.97 Å². The Kier molecular flexibility index (Phi) is 3.93. The Morgan fingerprint density at radius 1 is 1.25 bits per heavy atom. The summed E-state index contributed by atoms with van der Waals surface area (Å²) in [5.41, 5.74) is 1.13. The van der Waals surface area contributed by atoms with Crippen LogP contribution in [0.2, 0.25) is 0 Å². The molecule has 20 heavy (non-hydrogen) atoms. The second-order valence-electron chi connectivity index (χ2n) is 4.45. The fourth-order valence-corrected chi connectivity index (χ4v) is 3.79. The molecule has 2 aromatic rings. The number of pyridine rings is 1. The van der Waals surface area contributed by atoms with Gasteiger partial charge in [-0.25, -0.2) is 9.78 Å². The highest BCUT2D eigenvalue weighted by Gasteiger charge is 2.20. The quantitative estimate of drug-likeness (QED) is 0.944. The first-order chi connectivity index (χ1) is 9.75. The lowest BCUT2D eigenvalue weighted by molar-refractivity contribution is 0.0697. The smallest absolute Gasteiger partial charge is 0.339 e. The maximum absolute atomic E-state index is 11.4. The van der Waals surface area contributed by atoms with Crippen LogP contribution in [0.4, 0.5) is 5.82 Å². The third kappa shape index (κ3) is 2.66. The van der Waals surface area contributed by atoms with E-state index in [2.05, 4.69) is 9.88 Å². The van der Waals surface area contributed by atoms with E-state index in [0.717, 1.165) is 35.2 Å². The number of aromatic nitrogens is 1. The molecular formula is C14H14N2O2S2. The second-order valence-corrected chi connectivity index (χ2v) is 6.62. The molecule has 1 N–H and O–H groups in total. The first-order valence-corrected chi connectivity index (χ1v) is 8.40. The number of nitrogens with zero attached hydrogens (tertiary/aromatic N) is 2. The Morgan fingerprint density at radius 2 is 2.05 bits per heavy atom. The van der Waals surface area contributed by atoms with E-state index >= 15 is 0 Å². The van der Waals surface area contributed by atoms with Crippen LogP contribution < -0.4 is 4.90 Å². The van der Waals surface area contributed by atoms with E-state index in [9.17, 15) is 9.90 Å². The molecule has 4 nitrogen and oxygen atoms in total. The Morgan fingerprint density at radius 3 is 2.70 bits per heavy atom. The summed E-state index contributed by atoms with van der Waals surface area (Å²) in [7, 11) is 0. The number of hydrogen-bond donors (Lipinski definition) is 1. The molecule has 2 aromatic heterocycles. The van der Waals surface area contributed by atoms with E-state index < -0.39 is 5.97 Å². The number of carboxylic acid groups (broad SMARTS) is 1. The maximum atomic E-state index is 11.4. The van der Waals surface area contributed by atoms with Crippen molar-refractivity contribution in [2.75, 3.05) is 29.5 Å². The number of carbonyl (C=O) groups is 1. The lowest BCUT2D eigenvalue weighted by atomic mass is 10.2. The number of anilines is 1. The Labute approximate surface area is 125 Å². The van der Waals surface area contributed by atoms with Crippen molar-refractivity contribution < 1.29 is 9.90 Å². The Balaban J connectivity index is 2.03. The van der Waals surface area contributed by atoms with Crippen LogP contribution in [0.15, 0.2) is 29.6 Å². The van der Waals surface area contributed by atoms with Crippen molar-refractivity contribution in [3.63, 3.8) is 0 Å². The van der Waals surface area contributed by atoms with Gasteiger partial charge in [-0.05, 0) is 23.6 Å². The van der Waals surface area contributed by atoms with Gasteiger partial charge in [-0.1, -0.05) is 6.07 Å². The van der Waals surface area contributed by atoms with Gasteiger partial charge in [-0.3, -0.25) is 0 Å². The van der Waals surface area contributed by atoms with Crippen LogP contribution in [-0.4, -0.2) is 40.7 Å². The third-order valence-electron chi connectivity index (χ3n) is 3.19. The summed E-state index contributed by atoms with van der Waals surface area (Å²) in [6.07, 6.45) is 0. The minimum absolute atomic E-state index is 0.289. The lowest BCUT2D eigenvalue weighted by Crippen LogP contribution is -2.34. The summed E-state index contributed by atoms with van der Waals surface area (Å²) in [5.74, 6) is 1.72. The highest BCUT2D eigenvalue weighted by molar-refractivity contribution is 7.99. The highest BCUT2D eigenvalue weighted by Crippen LogP contribution is 2.28. The molecule has 0 bridgehead atoms. The van der Waals surface area contributed by atoms with Crippen LogP contribution in [0.1, 0.15) is 10.4 Å². The van der Waals surface area contributed by atoms with Crippen LogP contribution in [0.25, 0.3) is 10.6 Å². The Bertz CT molecular complexity index is 608. The molecular weight excluding hydrogens is 292 g/mol. The summed E-state index contributed by atoms with van der Waals surface area (Å²) in [4.78, 5) is 19.1. The summed E-state index contributed by atoms with van der Waals surface area (Å²) < 4.78 is 0. The topological polar surface area (TPSA) is 53.4 Å². The number of rotatable bonds is 3. The monoisotopic (exact) mass is 306 g/mol. The van der Waals surface area contributed by atoms with Gasteiger partial charge in [0.25, 0.3) is 0 Å². The molecule has 1 fully saturated rings. The zero-order valence-corrected chi connectivity index (χ0v) is 12.4. The van der Waals surface area contributed by atoms with E-state index in [1.165, 1.54) is 0 Å². The molecule has 0 radical (unpaired) electrons. The minimum atomic E-state index is -0.913. The molecule has 0 amide bonds. The first-order valence-electron chi connectivity index (χ1n) is 6.36. The van der Waals surface area contributed by atoms with Crippen LogP contribution in [-0.2, 0) is 0 Å². The van der Waals surface area contributed by atoms with E-state index in [1.54, 1.807) is 23.5 Å². The minimum Gasteiger partial charge on any atom is -0.478 e. The van der Waals surface area contributed by atoms with Crippen LogP contribution in [0.5, 0.6) is 0 Å². The molecule has 1 saturated heterocycles. The van der Waals surface area contributed by atoms with E-state index in [1.807, 2.05) is 29.3 Å². The van der Waals surface area contributed by atoms with E-state index in [4.69, 9.17) is 0 Å². The van der Waals surface area contributed by atoms with Gasteiger partial charge in [0.15, 0.2) is 0 Å². The van der Waals surface area contributed by atoms with Crippen molar-refractivity contribution >= 4 is 34.9 Å². The number of carboxylic acids is 1. The molecule has 0 unspecified atom stereocenters. The van der Waals surface area contributed by atoms with Gasteiger partial charge in [-0.2, -0.15) is 11.8 Å². The largest absolute Gasteiger partial charge is 0.478 e. The van der Waals surface area contributed by atoms with Gasteiger partial charge in [-0.15, -0.1) is 11.3 Å². The molecule has 6 heteroatoms. The first kappa shape index (κ1) is 13.5. The number of thiophene rings is 1. The SMILES string of the molecule is O=C(O)c1ccc(-c2cccs2)nc1N1CCSCC1. The van der Waals surface area contributed by atoms with Gasteiger partial charge in [0.1, 0.15) is 11.4 Å². The van der Waals surface area contributed by atoms with Gasteiger partial charge in [0.2, 0.25) is 0 Å². The summed E-state index contributed by atoms with van der Waals surface area (Å²) >= 11 is 3.51. The van der Waals surface area contributed by atoms with Crippen LogP contribution in [0, 0.1) is 0 Å². The van der Waals surface area contributed by atoms with Crippen molar-refractivity contribution in [1.29, 1.82) is 0 Å². The molecule has 0 spiro atoms. The highest BCUT2D eigenvalue weighted by atomic mass is 32.2. The second kappa shape index (κ2) is 5.85. The molecule has 1 aliphatic rings. The third-order valence-corrected chi connectivity index (χ3v) is 5.02. The molecule has 104 valence electrons. The standard InChI is InChI=1S/C14H14N2O2S2/c17-14(18)10-3-4-11(12-2-1-7-20-12)15-13(10)16-5-8-19-9-6-16/h1-4,7H,5-6,8-9H2,(H,17,18). The van der Waals surface area contributed by atoms with Crippen LogP contribution in [0.3, 0.4) is 0 Å². The summed E-state index contributed by atoms with van der Waals surface area (Å²) in [6.45, 7) is 1.71. The zero-order chi connectivity index (χ0) is 13.9. The van der Waals surface area contributed by atoms with Crippen molar-refractivity contribution in [1.82, 2.24) is 4.98 Å². The molecule has 3 heterocycles. The zero-order valence-electron chi connectivity index (χ0n) is 10.8. The van der Waals surface area contributed by atoms with Crippen molar-refractivity contribution in [2.24, 2.45) is 0 Å².